The standard InChI is InChI=1S/C22H21F3N2O6/c1-13(20(29)26-15-3-7-18(8-4-15)33-22(23,24)25)32-21(30)14-11-19(28)27(12-14)16-5-9-17(31-2)10-6-16/h3-10,13-14H,11-12H2,1-2H3,(H,26,29)/t13-,14-/m0/s1. The molecular weight excluding hydrogens is 445 g/mol. The fourth-order valence-electron chi connectivity index (χ4n) is 3.18. The number of hydrogen-bond acceptors (Lipinski definition) is 6. The van der Waals surface area contributed by atoms with Crippen LogP contribution in [0.5, 0.6) is 11.5 Å². The van der Waals surface area contributed by atoms with Gasteiger partial charge in [0.2, 0.25) is 5.91 Å². The molecule has 1 aliphatic rings. The van der Waals surface area contributed by atoms with E-state index < -0.39 is 36.0 Å². The van der Waals surface area contributed by atoms with Crippen LogP contribution in [0, 0.1) is 5.92 Å². The van der Waals surface area contributed by atoms with Gasteiger partial charge in [-0.15, -0.1) is 13.2 Å². The van der Waals surface area contributed by atoms with Crippen molar-refractivity contribution in [2.45, 2.75) is 25.8 Å². The molecule has 1 fully saturated rings. The van der Waals surface area contributed by atoms with E-state index in [1.165, 1.54) is 31.1 Å². The highest BCUT2D eigenvalue weighted by Crippen LogP contribution is 2.28. The van der Waals surface area contributed by atoms with Crippen LogP contribution < -0.4 is 19.7 Å². The highest BCUT2D eigenvalue weighted by Gasteiger charge is 2.37. The molecule has 2 atom stereocenters. The number of halogens is 3. The molecule has 0 spiro atoms. The van der Waals surface area contributed by atoms with Crippen molar-refractivity contribution in [3.8, 4) is 11.5 Å². The van der Waals surface area contributed by atoms with Crippen molar-refractivity contribution >= 4 is 29.2 Å². The number of hydrogen-bond donors (Lipinski definition) is 1. The number of ether oxygens (including phenoxy) is 3. The average molecular weight is 466 g/mol. The second-order valence-electron chi connectivity index (χ2n) is 7.24. The summed E-state index contributed by atoms with van der Waals surface area (Å²) in [5.41, 5.74) is 0.805. The SMILES string of the molecule is COc1ccc(N2C[C@@H](C(=O)O[C@@H](C)C(=O)Nc3ccc(OC(F)(F)F)cc3)CC2=O)cc1. The lowest BCUT2D eigenvalue weighted by atomic mass is 10.1. The van der Waals surface area contributed by atoms with E-state index in [0.717, 1.165) is 12.1 Å². The van der Waals surface area contributed by atoms with Crippen molar-refractivity contribution in [3.63, 3.8) is 0 Å². The Kier molecular flexibility index (Phi) is 7.10. The molecule has 1 heterocycles. The van der Waals surface area contributed by atoms with Crippen LogP contribution >= 0.6 is 0 Å². The predicted molar refractivity (Wildman–Crippen MR) is 111 cm³/mol. The van der Waals surface area contributed by atoms with E-state index in [0.29, 0.717) is 11.4 Å². The van der Waals surface area contributed by atoms with E-state index >= 15 is 0 Å². The normalized spacial score (nSPS) is 16.8. The Labute approximate surface area is 187 Å². The third-order valence-electron chi connectivity index (χ3n) is 4.86. The lowest BCUT2D eigenvalue weighted by Gasteiger charge is -2.18. The zero-order chi connectivity index (χ0) is 24.2. The summed E-state index contributed by atoms with van der Waals surface area (Å²) in [5, 5.41) is 2.44. The van der Waals surface area contributed by atoms with Crippen molar-refractivity contribution in [2.75, 3.05) is 23.9 Å². The third kappa shape index (κ3) is 6.37. The number of amides is 2. The number of alkyl halides is 3. The van der Waals surface area contributed by atoms with Gasteiger partial charge in [-0.3, -0.25) is 14.4 Å². The van der Waals surface area contributed by atoms with Crippen LogP contribution in [0.1, 0.15) is 13.3 Å². The Bertz CT molecular complexity index is 1010. The molecule has 1 saturated heterocycles. The van der Waals surface area contributed by atoms with Crippen molar-refractivity contribution in [1.82, 2.24) is 0 Å². The Morgan fingerprint density at radius 1 is 1.06 bits per heavy atom. The number of nitrogens with one attached hydrogen (secondary N) is 1. The second kappa shape index (κ2) is 9.80. The minimum atomic E-state index is -4.82. The first kappa shape index (κ1) is 23.9. The van der Waals surface area contributed by atoms with E-state index in [4.69, 9.17) is 9.47 Å². The molecule has 11 heteroatoms. The molecule has 0 aliphatic carbocycles. The molecule has 0 radical (unpaired) electrons. The van der Waals surface area contributed by atoms with Gasteiger partial charge in [0.15, 0.2) is 6.10 Å². The first-order valence-electron chi connectivity index (χ1n) is 9.87. The molecule has 3 rings (SSSR count). The maximum Gasteiger partial charge on any atom is 0.573 e. The van der Waals surface area contributed by atoms with E-state index in [1.807, 2.05) is 0 Å². The van der Waals surface area contributed by atoms with Crippen LogP contribution in [0.4, 0.5) is 24.5 Å². The highest BCUT2D eigenvalue weighted by atomic mass is 19.4. The summed E-state index contributed by atoms with van der Waals surface area (Å²) in [6.45, 7) is 1.46. The molecule has 0 saturated carbocycles. The molecule has 8 nitrogen and oxygen atoms in total. The lowest BCUT2D eigenvalue weighted by Crippen LogP contribution is -2.33. The molecule has 1 aliphatic heterocycles. The van der Waals surface area contributed by atoms with Crippen LogP contribution in [-0.2, 0) is 19.1 Å². The van der Waals surface area contributed by atoms with Crippen LogP contribution in [0.3, 0.4) is 0 Å². The summed E-state index contributed by atoms with van der Waals surface area (Å²) in [6, 6.07) is 11.3. The highest BCUT2D eigenvalue weighted by molar-refractivity contribution is 6.00. The van der Waals surface area contributed by atoms with Gasteiger partial charge in [0, 0.05) is 24.3 Å². The van der Waals surface area contributed by atoms with Crippen LogP contribution in [0.2, 0.25) is 0 Å². The summed E-state index contributed by atoms with van der Waals surface area (Å²) in [7, 11) is 1.52. The van der Waals surface area contributed by atoms with Crippen molar-refractivity contribution in [3.05, 3.63) is 48.5 Å². The monoisotopic (exact) mass is 466 g/mol. The van der Waals surface area contributed by atoms with Gasteiger partial charge in [0.05, 0.1) is 13.0 Å². The van der Waals surface area contributed by atoms with Crippen molar-refractivity contribution < 1.29 is 41.8 Å². The largest absolute Gasteiger partial charge is 0.573 e. The van der Waals surface area contributed by atoms with Gasteiger partial charge in [0.1, 0.15) is 11.5 Å². The first-order valence-corrected chi connectivity index (χ1v) is 9.87. The van der Waals surface area contributed by atoms with Gasteiger partial charge in [-0.1, -0.05) is 0 Å². The van der Waals surface area contributed by atoms with Crippen LogP contribution in [-0.4, -0.2) is 43.9 Å². The second-order valence-corrected chi connectivity index (χ2v) is 7.24. The number of rotatable bonds is 7. The molecular formula is C22H21F3N2O6. The summed E-state index contributed by atoms with van der Waals surface area (Å²) >= 11 is 0. The number of carbonyl (C=O) groups excluding carboxylic acids is 3. The van der Waals surface area contributed by atoms with E-state index in [-0.39, 0.29) is 24.6 Å². The third-order valence-corrected chi connectivity index (χ3v) is 4.86. The molecule has 33 heavy (non-hydrogen) atoms. The van der Waals surface area contributed by atoms with Crippen molar-refractivity contribution in [1.29, 1.82) is 0 Å². The van der Waals surface area contributed by atoms with E-state index in [1.54, 1.807) is 24.3 Å². The number of nitrogens with zero attached hydrogens (tertiary/aromatic N) is 1. The van der Waals surface area contributed by atoms with Gasteiger partial charge in [-0.2, -0.15) is 0 Å². The minimum absolute atomic E-state index is 0.0557. The summed E-state index contributed by atoms with van der Waals surface area (Å²) in [6.07, 6.45) is -6.06. The number of benzene rings is 2. The molecule has 0 unspecified atom stereocenters. The first-order chi connectivity index (χ1) is 15.6. The number of anilines is 2. The van der Waals surface area contributed by atoms with E-state index in [9.17, 15) is 27.6 Å². The molecule has 1 N–H and O–H groups in total. The zero-order valence-electron chi connectivity index (χ0n) is 17.7. The van der Waals surface area contributed by atoms with Crippen LogP contribution in [0.25, 0.3) is 0 Å². The quantitative estimate of drug-likeness (QED) is 0.628. The summed E-state index contributed by atoms with van der Waals surface area (Å²) < 4.78 is 50.7. The maximum absolute atomic E-state index is 12.5. The number of esters is 1. The van der Waals surface area contributed by atoms with Gasteiger partial charge in [-0.25, -0.2) is 0 Å². The lowest BCUT2D eigenvalue weighted by molar-refractivity contribution is -0.274. The zero-order valence-corrected chi connectivity index (χ0v) is 17.7. The molecule has 2 aromatic rings. The fraction of sp³-hybridized carbons (Fsp3) is 0.318. The maximum atomic E-state index is 12.5. The number of methoxy groups -OCH3 is 1. The molecule has 0 aromatic heterocycles. The van der Waals surface area contributed by atoms with Gasteiger partial charge < -0.3 is 24.4 Å². The topological polar surface area (TPSA) is 94.2 Å². The number of carbonyl (C=O) groups is 3. The molecule has 176 valence electrons. The predicted octanol–water partition coefficient (Wildman–Crippen LogP) is 3.52. The summed E-state index contributed by atoms with van der Waals surface area (Å²) in [4.78, 5) is 38.6. The average Bonchev–Trinajstić information content (AvgIpc) is 3.16. The summed E-state index contributed by atoms with van der Waals surface area (Å²) in [5.74, 6) is -2.18. The Morgan fingerprint density at radius 2 is 1.67 bits per heavy atom. The molecule has 2 aromatic carbocycles. The van der Waals surface area contributed by atoms with Crippen LogP contribution in [0.15, 0.2) is 48.5 Å². The molecule has 0 bridgehead atoms. The van der Waals surface area contributed by atoms with Gasteiger partial charge in [-0.05, 0) is 55.5 Å². The molecule has 2 amide bonds. The van der Waals surface area contributed by atoms with Gasteiger partial charge >= 0.3 is 12.3 Å². The van der Waals surface area contributed by atoms with Crippen molar-refractivity contribution in [2.24, 2.45) is 5.92 Å². The minimum Gasteiger partial charge on any atom is -0.497 e. The Hall–Kier alpha value is -3.76. The fourth-order valence-corrected chi connectivity index (χ4v) is 3.18. The smallest absolute Gasteiger partial charge is 0.497 e. The van der Waals surface area contributed by atoms with Gasteiger partial charge in [0.25, 0.3) is 5.91 Å². The Morgan fingerprint density at radius 3 is 2.24 bits per heavy atom. The Balaban J connectivity index is 1.53. The van der Waals surface area contributed by atoms with E-state index in [2.05, 4.69) is 10.1 Å².